The Morgan fingerprint density at radius 2 is 2.29 bits per heavy atom. The molecule has 0 aliphatic carbocycles. The van der Waals surface area contributed by atoms with Gasteiger partial charge in [-0.2, -0.15) is 0 Å². The molecule has 1 nitrogen and oxygen atoms in total. The number of hydrogen-bond acceptors (Lipinski definition) is 2. The molecule has 1 heterocycles. The van der Waals surface area contributed by atoms with Gasteiger partial charge in [-0.3, -0.25) is 4.79 Å². The fraction of sp³-hybridized carbons (Fsp3) is 0.100. The highest BCUT2D eigenvalue weighted by Crippen LogP contribution is 2.30. The summed E-state index contributed by atoms with van der Waals surface area (Å²) in [5.74, 6) is -0.298. The molecule has 0 unspecified atom stereocenters. The standard InChI is InChI=1S/C10H6BrFOS/c11-3-6-1-8(12)2-9-7(4-13)5-14-10(6)9/h1-2,4-5H,3H2. The van der Waals surface area contributed by atoms with Crippen molar-refractivity contribution in [2.75, 3.05) is 0 Å². The maximum Gasteiger partial charge on any atom is 0.151 e. The summed E-state index contributed by atoms with van der Waals surface area (Å²) in [6, 6.07) is 2.89. The predicted octanol–water partition coefficient (Wildman–Crippen LogP) is 3.75. The van der Waals surface area contributed by atoms with Crippen LogP contribution >= 0.6 is 27.3 Å². The highest BCUT2D eigenvalue weighted by molar-refractivity contribution is 9.08. The number of benzene rings is 1. The summed E-state index contributed by atoms with van der Waals surface area (Å²) < 4.78 is 14.1. The van der Waals surface area contributed by atoms with Crippen LogP contribution in [0.4, 0.5) is 4.39 Å². The molecule has 0 fully saturated rings. The molecule has 4 heteroatoms. The molecule has 0 aliphatic rings. The Morgan fingerprint density at radius 3 is 2.93 bits per heavy atom. The van der Waals surface area contributed by atoms with Crippen LogP contribution in [-0.4, -0.2) is 6.29 Å². The molecule has 2 aromatic rings. The molecular formula is C10H6BrFOS. The number of carbonyl (C=O) groups is 1. The quantitative estimate of drug-likeness (QED) is 0.601. The summed E-state index contributed by atoms with van der Waals surface area (Å²) in [5.41, 5.74) is 1.45. The second-order valence-electron chi connectivity index (χ2n) is 2.88. The van der Waals surface area contributed by atoms with E-state index in [0.717, 1.165) is 16.5 Å². The van der Waals surface area contributed by atoms with Crippen LogP contribution in [0.1, 0.15) is 15.9 Å². The zero-order valence-corrected chi connectivity index (χ0v) is 9.49. The van der Waals surface area contributed by atoms with Crippen molar-refractivity contribution in [3.63, 3.8) is 0 Å². The van der Waals surface area contributed by atoms with Crippen LogP contribution in [0.3, 0.4) is 0 Å². The minimum atomic E-state index is -0.298. The van der Waals surface area contributed by atoms with Crippen molar-refractivity contribution in [1.82, 2.24) is 0 Å². The molecule has 0 saturated carbocycles. The molecule has 14 heavy (non-hydrogen) atoms. The van der Waals surface area contributed by atoms with Crippen molar-refractivity contribution in [3.8, 4) is 0 Å². The molecule has 2 rings (SSSR count). The summed E-state index contributed by atoms with van der Waals surface area (Å²) in [6.07, 6.45) is 0.760. The lowest BCUT2D eigenvalue weighted by molar-refractivity contribution is 0.112. The number of aldehydes is 1. The van der Waals surface area contributed by atoms with Crippen molar-refractivity contribution < 1.29 is 9.18 Å². The Balaban J connectivity index is 2.83. The predicted molar refractivity (Wildman–Crippen MR) is 59.8 cm³/mol. The third-order valence-corrected chi connectivity index (χ3v) is 3.71. The molecule has 0 spiro atoms. The third-order valence-electron chi connectivity index (χ3n) is 2.02. The molecule has 0 radical (unpaired) electrons. The largest absolute Gasteiger partial charge is 0.298 e. The molecule has 0 atom stereocenters. The molecule has 72 valence electrons. The minimum Gasteiger partial charge on any atom is -0.298 e. The summed E-state index contributed by atoms with van der Waals surface area (Å²) in [4.78, 5) is 10.7. The number of alkyl halides is 1. The zero-order chi connectivity index (χ0) is 10.1. The Hall–Kier alpha value is -0.740. The summed E-state index contributed by atoms with van der Waals surface area (Å²) in [6.45, 7) is 0. The third kappa shape index (κ3) is 1.48. The van der Waals surface area contributed by atoms with Crippen LogP contribution in [0, 0.1) is 5.82 Å². The fourth-order valence-electron chi connectivity index (χ4n) is 1.38. The first-order valence-corrected chi connectivity index (χ1v) is 5.97. The lowest BCUT2D eigenvalue weighted by Crippen LogP contribution is -1.83. The summed E-state index contributed by atoms with van der Waals surface area (Å²) >= 11 is 4.77. The van der Waals surface area contributed by atoms with Crippen molar-refractivity contribution in [2.24, 2.45) is 0 Å². The Kier molecular flexibility index (Phi) is 2.65. The van der Waals surface area contributed by atoms with E-state index in [4.69, 9.17) is 0 Å². The average molecular weight is 273 g/mol. The van der Waals surface area contributed by atoms with Crippen LogP contribution < -0.4 is 0 Å². The molecule has 1 aromatic heterocycles. The van der Waals surface area contributed by atoms with E-state index in [-0.39, 0.29) is 5.82 Å². The number of halogens is 2. The Labute approximate surface area is 92.7 Å². The van der Waals surface area contributed by atoms with Gasteiger partial charge in [-0.15, -0.1) is 11.3 Å². The molecule has 0 amide bonds. The number of rotatable bonds is 2. The SMILES string of the molecule is O=Cc1csc2c(CBr)cc(F)cc12. The monoisotopic (exact) mass is 272 g/mol. The molecule has 0 N–H and O–H groups in total. The molecule has 0 aliphatic heterocycles. The zero-order valence-electron chi connectivity index (χ0n) is 7.09. The average Bonchev–Trinajstić information content (AvgIpc) is 2.59. The Morgan fingerprint density at radius 1 is 1.50 bits per heavy atom. The van der Waals surface area contributed by atoms with Gasteiger partial charge in [0.25, 0.3) is 0 Å². The van der Waals surface area contributed by atoms with Crippen LogP contribution in [0.15, 0.2) is 17.5 Å². The van der Waals surface area contributed by atoms with Gasteiger partial charge in [0, 0.05) is 26.4 Å². The second-order valence-corrected chi connectivity index (χ2v) is 4.32. The van der Waals surface area contributed by atoms with Crippen LogP contribution in [-0.2, 0) is 5.33 Å². The maximum absolute atomic E-state index is 13.1. The minimum absolute atomic E-state index is 0.298. The van der Waals surface area contributed by atoms with Gasteiger partial charge in [-0.1, -0.05) is 15.9 Å². The molecular weight excluding hydrogens is 267 g/mol. The molecule has 1 aromatic carbocycles. The molecule has 0 saturated heterocycles. The highest BCUT2D eigenvalue weighted by atomic mass is 79.9. The topological polar surface area (TPSA) is 17.1 Å². The smallest absolute Gasteiger partial charge is 0.151 e. The van der Waals surface area contributed by atoms with E-state index >= 15 is 0 Å². The summed E-state index contributed by atoms with van der Waals surface area (Å²) in [5, 5.41) is 3.06. The lowest BCUT2D eigenvalue weighted by Gasteiger charge is -1.98. The van der Waals surface area contributed by atoms with E-state index in [2.05, 4.69) is 15.9 Å². The number of hydrogen-bond donors (Lipinski definition) is 0. The van der Waals surface area contributed by atoms with E-state index in [9.17, 15) is 9.18 Å². The van der Waals surface area contributed by atoms with Crippen molar-refractivity contribution in [3.05, 3.63) is 34.5 Å². The number of carbonyl (C=O) groups excluding carboxylic acids is 1. The van der Waals surface area contributed by atoms with E-state index in [0.29, 0.717) is 16.3 Å². The van der Waals surface area contributed by atoms with Crippen LogP contribution in [0.5, 0.6) is 0 Å². The van der Waals surface area contributed by atoms with Gasteiger partial charge in [0.2, 0.25) is 0 Å². The van der Waals surface area contributed by atoms with Crippen LogP contribution in [0.25, 0.3) is 10.1 Å². The van der Waals surface area contributed by atoms with Gasteiger partial charge in [0.05, 0.1) is 0 Å². The normalized spacial score (nSPS) is 10.7. The van der Waals surface area contributed by atoms with Gasteiger partial charge in [-0.25, -0.2) is 4.39 Å². The van der Waals surface area contributed by atoms with Gasteiger partial charge in [-0.05, 0) is 17.7 Å². The second kappa shape index (κ2) is 3.79. The van der Waals surface area contributed by atoms with Crippen LogP contribution in [0.2, 0.25) is 0 Å². The van der Waals surface area contributed by atoms with Gasteiger partial charge >= 0.3 is 0 Å². The number of fused-ring (bicyclic) bond motifs is 1. The Bertz CT molecular complexity index is 492. The van der Waals surface area contributed by atoms with E-state index in [1.165, 1.54) is 23.5 Å². The summed E-state index contributed by atoms with van der Waals surface area (Å²) in [7, 11) is 0. The van der Waals surface area contributed by atoms with E-state index < -0.39 is 0 Å². The first kappa shape index (κ1) is 9.80. The van der Waals surface area contributed by atoms with Gasteiger partial charge < -0.3 is 0 Å². The first-order valence-electron chi connectivity index (χ1n) is 3.97. The maximum atomic E-state index is 13.1. The lowest BCUT2D eigenvalue weighted by atomic mass is 10.1. The van der Waals surface area contributed by atoms with E-state index in [1.807, 2.05) is 0 Å². The van der Waals surface area contributed by atoms with Crippen molar-refractivity contribution in [2.45, 2.75) is 5.33 Å². The van der Waals surface area contributed by atoms with E-state index in [1.54, 1.807) is 5.38 Å². The number of thiophene rings is 1. The first-order chi connectivity index (χ1) is 6.76. The van der Waals surface area contributed by atoms with Crippen molar-refractivity contribution in [1.29, 1.82) is 0 Å². The van der Waals surface area contributed by atoms with Gasteiger partial charge in [0.15, 0.2) is 6.29 Å². The molecule has 0 bridgehead atoms. The van der Waals surface area contributed by atoms with Crippen molar-refractivity contribution >= 4 is 43.6 Å². The fourth-order valence-corrected chi connectivity index (χ4v) is 3.02. The van der Waals surface area contributed by atoms with Gasteiger partial charge in [0.1, 0.15) is 5.82 Å². The highest BCUT2D eigenvalue weighted by Gasteiger charge is 2.08.